The lowest BCUT2D eigenvalue weighted by atomic mass is 10.2. The summed E-state index contributed by atoms with van der Waals surface area (Å²) in [6, 6.07) is 18.9. The smallest absolute Gasteiger partial charge is 0.298 e. The normalized spacial score (nSPS) is 10.8. The number of carbonyl (C=O) groups is 1. The number of fused-ring (bicyclic) bond motifs is 1. The van der Waals surface area contributed by atoms with E-state index < -0.39 is 5.91 Å². The van der Waals surface area contributed by atoms with Gasteiger partial charge in [0.2, 0.25) is 0 Å². The van der Waals surface area contributed by atoms with Crippen LogP contribution in [0.3, 0.4) is 0 Å². The van der Waals surface area contributed by atoms with Crippen LogP contribution in [0.5, 0.6) is 0 Å². The molecule has 2 heterocycles. The topological polar surface area (TPSA) is 85.6 Å². The first-order valence-electron chi connectivity index (χ1n) is 7.74. The van der Waals surface area contributed by atoms with Crippen molar-refractivity contribution in [2.75, 3.05) is 5.32 Å². The van der Waals surface area contributed by atoms with Crippen LogP contribution < -0.4 is 5.32 Å². The summed E-state index contributed by atoms with van der Waals surface area (Å²) in [6.07, 6.45) is 0. The fourth-order valence-corrected chi connectivity index (χ4v) is 2.50. The Balaban J connectivity index is 1.58. The zero-order valence-electron chi connectivity index (χ0n) is 13.4. The molecule has 0 spiro atoms. The van der Waals surface area contributed by atoms with Crippen molar-refractivity contribution in [1.82, 2.24) is 25.2 Å². The summed E-state index contributed by atoms with van der Waals surface area (Å²) >= 11 is 0. The Labute approximate surface area is 143 Å². The number of aromatic nitrogens is 5. The summed E-state index contributed by atoms with van der Waals surface area (Å²) < 4.78 is 0. The second kappa shape index (κ2) is 6.12. The van der Waals surface area contributed by atoms with Gasteiger partial charge in [0, 0.05) is 5.39 Å². The summed E-state index contributed by atoms with van der Waals surface area (Å²) in [6.45, 7) is 1.94. The first kappa shape index (κ1) is 14.9. The first-order chi connectivity index (χ1) is 12.2. The third-order valence-electron chi connectivity index (χ3n) is 3.79. The molecule has 4 aromatic rings. The number of hydrogen-bond donors (Lipinski definition) is 1. The first-order valence-corrected chi connectivity index (χ1v) is 7.74. The molecule has 0 fully saturated rings. The standard InChI is InChI=1S/C18H14N6O/c1-12-6-2-5-9-15(12)24-22-17(21-23-24)18(25)20-16-11-10-13-7-3-4-8-14(13)19-16/h2-11H,1H3,(H,19,20,25). The number of tetrazole rings is 1. The molecular weight excluding hydrogens is 316 g/mol. The van der Waals surface area contributed by atoms with Crippen LogP contribution in [0.1, 0.15) is 16.2 Å². The number of hydrogen-bond acceptors (Lipinski definition) is 5. The molecule has 0 saturated heterocycles. The van der Waals surface area contributed by atoms with Gasteiger partial charge in [-0.15, -0.1) is 15.0 Å². The molecular formula is C18H14N6O. The maximum Gasteiger partial charge on any atom is 0.298 e. The van der Waals surface area contributed by atoms with E-state index in [4.69, 9.17) is 0 Å². The molecule has 0 aliphatic heterocycles. The molecule has 122 valence electrons. The number of benzene rings is 2. The van der Waals surface area contributed by atoms with Crippen molar-refractivity contribution in [1.29, 1.82) is 0 Å². The van der Waals surface area contributed by atoms with Gasteiger partial charge in [0.25, 0.3) is 11.7 Å². The Morgan fingerprint density at radius 3 is 2.68 bits per heavy atom. The quantitative estimate of drug-likeness (QED) is 0.624. The van der Waals surface area contributed by atoms with Crippen molar-refractivity contribution in [2.45, 2.75) is 6.92 Å². The summed E-state index contributed by atoms with van der Waals surface area (Å²) in [5, 5.41) is 15.6. The SMILES string of the molecule is Cc1ccccc1-n1nnc(C(=O)Nc2ccc3ccccc3n2)n1. The molecule has 7 heteroatoms. The Bertz CT molecular complexity index is 1070. The molecule has 0 atom stereocenters. The van der Waals surface area contributed by atoms with E-state index in [9.17, 15) is 4.79 Å². The zero-order chi connectivity index (χ0) is 17.2. The summed E-state index contributed by atoms with van der Waals surface area (Å²) in [5.74, 6) is -0.0308. The molecule has 2 aromatic heterocycles. The monoisotopic (exact) mass is 330 g/mol. The maximum atomic E-state index is 12.4. The third-order valence-corrected chi connectivity index (χ3v) is 3.79. The molecule has 0 bridgehead atoms. The minimum atomic E-state index is -0.456. The molecule has 0 saturated carbocycles. The van der Waals surface area contributed by atoms with E-state index in [2.05, 4.69) is 25.7 Å². The van der Waals surface area contributed by atoms with Gasteiger partial charge in [-0.25, -0.2) is 4.98 Å². The highest BCUT2D eigenvalue weighted by atomic mass is 16.2. The van der Waals surface area contributed by atoms with E-state index in [0.29, 0.717) is 5.82 Å². The van der Waals surface area contributed by atoms with Crippen molar-refractivity contribution in [3.8, 4) is 5.69 Å². The van der Waals surface area contributed by atoms with E-state index in [1.807, 2.05) is 61.5 Å². The molecule has 1 N–H and O–H groups in total. The highest BCUT2D eigenvalue weighted by molar-refractivity contribution is 6.01. The largest absolute Gasteiger partial charge is 0.304 e. The van der Waals surface area contributed by atoms with E-state index >= 15 is 0 Å². The van der Waals surface area contributed by atoms with E-state index in [1.165, 1.54) is 4.80 Å². The van der Waals surface area contributed by atoms with Crippen LogP contribution in [-0.4, -0.2) is 31.1 Å². The van der Waals surface area contributed by atoms with Gasteiger partial charge in [0.1, 0.15) is 5.82 Å². The number of amides is 1. The second-order valence-electron chi connectivity index (χ2n) is 5.53. The van der Waals surface area contributed by atoms with Crippen molar-refractivity contribution < 1.29 is 4.79 Å². The van der Waals surface area contributed by atoms with Crippen molar-refractivity contribution in [2.24, 2.45) is 0 Å². The van der Waals surface area contributed by atoms with Crippen LogP contribution in [0.4, 0.5) is 5.82 Å². The number of para-hydroxylation sites is 2. The van der Waals surface area contributed by atoms with Crippen molar-refractivity contribution in [3.05, 3.63) is 72.1 Å². The molecule has 0 radical (unpaired) electrons. The predicted octanol–water partition coefficient (Wildman–Crippen LogP) is 2.77. The molecule has 0 unspecified atom stereocenters. The number of carbonyl (C=O) groups excluding carboxylic acids is 1. The predicted molar refractivity (Wildman–Crippen MR) is 93.6 cm³/mol. The minimum Gasteiger partial charge on any atom is -0.304 e. The average Bonchev–Trinajstić information content (AvgIpc) is 3.12. The number of rotatable bonds is 3. The van der Waals surface area contributed by atoms with Gasteiger partial charge in [-0.3, -0.25) is 4.79 Å². The highest BCUT2D eigenvalue weighted by Crippen LogP contribution is 2.15. The highest BCUT2D eigenvalue weighted by Gasteiger charge is 2.15. The second-order valence-corrected chi connectivity index (χ2v) is 5.53. The van der Waals surface area contributed by atoms with Crippen LogP contribution in [-0.2, 0) is 0 Å². The van der Waals surface area contributed by atoms with E-state index in [0.717, 1.165) is 22.2 Å². The van der Waals surface area contributed by atoms with E-state index in [1.54, 1.807) is 6.07 Å². The van der Waals surface area contributed by atoms with Gasteiger partial charge in [-0.05, 0) is 42.0 Å². The van der Waals surface area contributed by atoms with Crippen LogP contribution in [0.2, 0.25) is 0 Å². The molecule has 0 aliphatic rings. The summed E-state index contributed by atoms with van der Waals surface area (Å²) in [4.78, 5) is 18.1. The van der Waals surface area contributed by atoms with Crippen molar-refractivity contribution in [3.63, 3.8) is 0 Å². The van der Waals surface area contributed by atoms with Gasteiger partial charge in [-0.2, -0.15) is 0 Å². The van der Waals surface area contributed by atoms with Gasteiger partial charge in [0.15, 0.2) is 0 Å². The fraction of sp³-hybridized carbons (Fsp3) is 0.0556. The zero-order valence-corrected chi connectivity index (χ0v) is 13.4. The van der Waals surface area contributed by atoms with Crippen LogP contribution in [0.25, 0.3) is 16.6 Å². The summed E-state index contributed by atoms with van der Waals surface area (Å²) in [5.41, 5.74) is 2.57. The number of nitrogens with one attached hydrogen (secondary N) is 1. The molecule has 2 aromatic carbocycles. The molecule has 0 aliphatic carbocycles. The van der Waals surface area contributed by atoms with Crippen molar-refractivity contribution >= 4 is 22.6 Å². The Morgan fingerprint density at radius 2 is 1.80 bits per heavy atom. The Kier molecular flexibility index (Phi) is 3.66. The number of anilines is 1. The summed E-state index contributed by atoms with van der Waals surface area (Å²) in [7, 11) is 0. The molecule has 7 nitrogen and oxygen atoms in total. The molecule has 4 rings (SSSR count). The number of aryl methyl sites for hydroxylation is 1. The lowest BCUT2D eigenvalue weighted by molar-refractivity contribution is 0.101. The number of pyridine rings is 1. The van der Waals surface area contributed by atoms with Crippen LogP contribution in [0.15, 0.2) is 60.7 Å². The van der Waals surface area contributed by atoms with E-state index in [-0.39, 0.29) is 5.82 Å². The van der Waals surface area contributed by atoms with Gasteiger partial charge < -0.3 is 5.32 Å². The fourth-order valence-electron chi connectivity index (χ4n) is 2.50. The maximum absolute atomic E-state index is 12.4. The molecule has 25 heavy (non-hydrogen) atoms. The lowest BCUT2D eigenvalue weighted by Crippen LogP contribution is -2.15. The van der Waals surface area contributed by atoms with Crippen LogP contribution >= 0.6 is 0 Å². The number of nitrogens with zero attached hydrogens (tertiary/aromatic N) is 5. The van der Waals surface area contributed by atoms with Gasteiger partial charge in [-0.1, -0.05) is 36.4 Å². The minimum absolute atomic E-state index is 0.0155. The average molecular weight is 330 g/mol. The third kappa shape index (κ3) is 2.94. The van der Waals surface area contributed by atoms with Crippen LogP contribution in [0, 0.1) is 6.92 Å². The Hall–Kier alpha value is -3.61. The van der Waals surface area contributed by atoms with Gasteiger partial charge in [0.05, 0.1) is 11.2 Å². The lowest BCUT2D eigenvalue weighted by Gasteiger charge is -2.03. The Morgan fingerprint density at radius 1 is 1.00 bits per heavy atom. The molecule has 1 amide bonds. The van der Waals surface area contributed by atoms with Gasteiger partial charge >= 0.3 is 0 Å².